The summed E-state index contributed by atoms with van der Waals surface area (Å²) in [4.78, 5) is 50.1. The van der Waals surface area contributed by atoms with Gasteiger partial charge in [0.15, 0.2) is 22.8 Å². The Morgan fingerprint density at radius 2 is 1.18 bits per heavy atom. The van der Waals surface area contributed by atoms with E-state index in [0.717, 1.165) is 33.8 Å². The van der Waals surface area contributed by atoms with E-state index in [0.29, 0.717) is 48.0 Å². The molecule has 5 heterocycles. The summed E-state index contributed by atoms with van der Waals surface area (Å²) >= 11 is 0. The second-order valence-corrected chi connectivity index (χ2v) is 23.5. The van der Waals surface area contributed by atoms with Gasteiger partial charge in [-0.1, -0.05) is 35.4 Å². The highest BCUT2D eigenvalue weighted by molar-refractivity contribution is 7.90. The Kier molecular flexibility index (Phi) is 13.9. The molecule has 4 atom stereocenters. The zero-order valence-electron chi connectivity index (χ0n) is 40.7. The molecule has 2 aliphatic carbocycles. The van der Waals surface area contributed by atoms with E-state index in [1.807, 2.05) is 39.0 Å². The number of carbonyl (C=O) groups excluding carboxylic acids is 3. The van der Waals surface area contributed by atoms with Gasteiger partial charge in [0, 0.05) is 36.3 Å². The summed E-state index contributed by atoms with van der Waals surface area (Å²) in [5.41, 5.74) is 8.15. The maximum atomic E-state index is 13.3. The number of ether oxygens (including phenoxy) is 2. The molecule has 21 nitrogen and oxygen atoms in total. The van der Waals surface area contributed by atoms with Gasteiger partial charge in [-0.15, -0.1) is 10.2 Å². The van der Waals surface area contributed by atoms with Crippen molar-refractivity contribution in [1.29, 1.82) is 0 Å². The lowest BCUT2D eigenvalue weighted by Gasteiger charge is -2.21. The number of carbonyl (C=O) groups is 3. The van der Waals surface area contributed by atoms with Crippen molar-refractivity contribution in [3.05, 3.63) is 102 Å². The minimum absolute atomic E-state index is 0.0361. The molecule has 0 aliphatic heterocycles. The van der Waals surface area contributed by atoms with Gasteiger partial charge in [0.25, 0.3) is 20.0 Å². The predicted molar refractivity (Wildman–Crippen MR) is 263 cm³/mol. The van der Waals surface area contributed by atoms with Crippen molar-refractivity contribution in [2.75, 3.05) is 5.43 Å². The van der Waals surface area contributed by atoms with Crippen LogP contribution < -0.4 is 21.5 Å². The Morgan fingerprint density at radius 1 is 0.648 bits per heavy atom. The number of aryl methyl sites for hydroxylation is 2. The number of anilines is 1. The zero-order valence-corrected chi connectivity index (χ0v) is 42.3. The van der Waals surface area contributed by atoms with E-state index in [-0.39, 0.29) is 51.1 Å². The van der Waals surface area contributed by atoms with Crippen molar-refractivity contribution in [2.45, 2.75) is 133 Å². The molecule has 5 aromatic heterocycles. The van der Waals surface area contributed by atoms with Gasteiger partial charge in [-0.05, 0) is 130 Å². The fraction of sp³-hybridized carbons (Fsp3) is 0.417. The lowest BCUT2D eigenvalue weighted by atomic mass is 10.1. The van der Waals surface area contributed by atoms with E-state index in [1.54, 1.807) is 81.4 Å². The number of hydrogen-bond donors (Lipinski definition) is 4. The Hall–Kier alpha value is -7.14. The third-order valence-electron chi connectivity index (χ3n) is 11.9. The number of aromatic nitrogens is 8. The molecule has 9 rings (SSSR count). The summed E-state index contributed by atoms with van der Waals surface area (Å²) in [5.74, 6) is 0.529. The van der Waals surface area contributed by atoms with Crippen molar-refractivity contribution >= 4 is 71.9 Å². The fourth-order valence-corrected chi connectivity index (χ4v) is 11.2. The zero-order chi connectivity index (χ0) is 51.0. The molecule has 376 valence electrons. The molecule has 0 spiro atoms. The van der Waals surface area contributed by atoms with Gasteiger partial charge in [0.1, 0.15) is 22.5 Å². The number of hydrazine groups is 1. The van der Waals surface area contributed by atoms with E-state index < -0.39 is 43.4 Å². The second kappa shape index (κ2) is 19.6. The van der Waals surface area contributed by atoms with Crippen LogP contribution >= 0.6 is 0 Å². The van der Waals surface area contributed by atoms with E-state index in [9.17, 15) is 31.2 Å². The molecule has 0 bridgehead atoms. The third-order valence-corrected chi connectivity index (χ3v) is 15.3. The molecule has 3 amide bonds. The van der Waals surface area contributed by atoms with Gasteiger partial charge < -0.3 is 20.1 Å². The SMILES string of the molecule is Cc1ccc(S(=O)(=O)n2ccc3c2ncc2nnc(C4CC[C@H](NC(=O)OC(C)(C)C)C4)n23)cc1.Cc1ccc(S(=O)(=O)n2ccc3nc(NNC(=O)[C@@H]4CC[C@H](NC(=O)OC(C)(C)C)C4)cnc32)cc1. The van der Waals surface area contributed by atoms with Crippen LogP contribution in [0.5, 0.6) is 0 Å². The largest absolute Gasteiger partial charge is 0.444 e. The first-order valence-corrected chi connectivity index (χ1v) is 26.1. The summed E-state index contributed by atoms with van der Waals surface area (Å²) in [5, 5.41) is 14.4. The summed E-state index contributed by atoms with van der Waals surface area (Å²) in [6.07, 6.45) is 8.95. The first kappa shape index (κ1) is 50.3. The highest BCUT2D eigenvalue weighted by Gasteiger charge is 2.34. The van der Waals surface area contributed by atoms with Gasteiger partial charge in [-0.2, -0.15) is 0 Å². The third kappa shape index (κ3) is 11.4. The van der Waals surface area contributed by atoms with E-state index in [2.05, 4.69) is 46.6 Å². The summed E-state index contributed by atoms with van der Waals surface area (Å²) < 4.78 is 67.4. The Bertz CT molecular complexity index is 3340. The molecular weight excluding hydrogens is 953 g/mol. The number of rotatable bonds is 10. The van der Waals surface area contributed by atoms with Gasteiger partial charge in [0.2, 0.25) is 5.91 Å². The molecule has 4 N–H and O–H groups in total. The van der Waals surface area contributed by atoms with Gasteiger partial charge in [-0.25, -0.2) is 49.3 Å². The summed E-state index contributed by atoms with van der Waals surface area (Å²) in [7, 11) is -7.65. The maximum Gasteiger partial charge on any atom is 0.407 e. The van der Waals surface area contributed by atoms with Crippen LogP contribution in [0.2, 0.25) is 0 Å². The van der Waals surface area contributed by atoms with E-state index in [1.165, 1.54) is 28.8 Å². The molecule has 2 fully saturated rings. The molecule has 0 radical (unpaired) electrons. The van der Waals surface area contributed by atoms with Crippen molar-refractivity contribution in [2.24, 2.45) is 5.92 Å². The Labute approximate surface area is 411 Å². The van der Waals surface area contributed by atoms with Crippen LogP contribution in [-0.2, 0) is 34.3 Å². The molecule has 7 aromatic rings. The van der Waals surface area contributed by atoms with Crippen LogP contribution in [-0.4, -0.2) is 95.7 Å². The normalized spacial score (nSPS) is 18.5. The number of fused-ring (bicyclic) bond motifs is 4. The quantitative estimate of drug-likeness (QED) is 0.102. The van der Waals surface area contributed by atoms with Gasteiger partial charge in [-0.3, -0.25) is 20.0 Å². The van der Waals surface area contributed by atoms with Gasteiger partial charge >= 0.3 is 12.2 Å². The highest BCUT2D eigenvalue weighted by atomic mass is 32.2. The smallest absolute Gasteiger partial charge is 0.407 e. The van der Waals surface area contributed by atoms with Crippen LogP contribution in [0.25, 0.3) is 28.0 Å². The Balaban J connectivity index is 0.000000190. The number of hydrogen-bond acceptors (Lipinski definition) is 15. The molecule has 71 heavy (non-hydrogen) atoms. The first-order chi connectivity index (χ1) is 33.4. The second-order valence-electron chi connectivity index (χ2n) is 19.9. The van der Waals surface area contributed by atoms with Crippen molar-refractivity contribution in [3.63, 3.8) is 0 Å². The summed E-state index contributed by atoms with van der Waals surface area (Å²) in [6, 6.07) is 16.4. The van der Waals surface area contributed by atoms with Crippen LogP contribution in [0.3, 0.4) is 0 Å². The number of benzene rings is 2. The molecule has 0 saturated heterocycles. The van der Waals surface area contributed by atoms with Gasteiger partial charge in [0.05, 0.1) is 27.7 Å². The predicted octanol–water partition coefficient (Wildman–Crippen LogP) is 6.90. The van der Waals surface area contributed by atoms with E-state index in [4.69, 9.17) is 9.47 Å². The Morgan fingerprint density at radius 3 is 1.77 bits per heavy atom. The molecule has 23 heteroatoms. The molecular formula is C48H58N12O9S2. The van der Waals surface area contributed by atoms with Crippen LogP contribution in [0.1, 0.15) is 103 Å². The standard InChI is InChI=1S/C24H30N6O5S.C24H28N6O4S/c1-15-5-9-18(10-6-15)36(33,34)30-12-11-19-21(30)25-14-20(27-19)28-29-22(31)16-7-8-17(13-16)26-23(32)35-24(2,3)4;1-15-5-9-18(10-6-15)35(32,33)29-12-11-19-22(29)25-14-20-27-28-21(30(19)20)16-7-8-17(13-16)26-23(31)34-24(2,3)4/h5-6,9-12,14,16-17H,7-8,13H2,1-4H3,(H,26,32)(H,27,28)(H,29,31);5-6,9-12,14,16-17H,7-8,13H2,1-4H3,(H,26,31)/t16-,17+;16?,17-/m10/s1. The number of nitrogens with one attached hydrogen (secondary N) is 4. The van der Waals surface area contributed by atoms with Crippen molar-refractivity contribution in [1.82, 2.24) is 53.6 Å². The number of amides is 3. The average molecular weight is 1010 g/mol. The lowest BCUT2D eigenvalue weighted by molar-refractivity contribution is -0.124. The first-order valence-electron chi connectivity index (χ1n) is 23.2. The lowest BCUT2D eigenvalue weighted by Crippen LogP contribution is -2.39. The fourth-order valence-electron chi connectivity index (χ4n) is 8.57. The average Bonchev–Trinajstić information content (AvgIpc) is 4.15. The van der Waals surface area contributed by atoms with Crippen LogP contribution in [0.15, 0.2) is 95.2 Å². The molecule has 2 aromatic carbocycles. The molecule has 2 aliphatic rings. The number of nitrogens with zero attached hydrogens (tertiary/aromatic N) is 8. The van der Waals surface area contributed by atoms with Crippen molar-refractivity contribution < 1.29 is 40.7 Å². The van der Waals surface area contributed by atoms with Crippen LogP contribution in [0.4, 0.5) is 15.4 Å². The van der Waals surface area contributed by atoms with Crippen LogP contribution in [0, 0.1) is 19.8 Å². The number of alkyl carbamates (subject to hydrolysis) is 2. The van der Waals surface area contributed by atoms with Crippen molar-refractivity contribution in [3.8, 4) is 0 Å². The van der Waals surface area contributed by atoms with E-state index >= 15 is 0 Å². The highest BCUT2D eigenvalue weighted by Crippen LogP contribution is 2.35. The minimum atomic E-state index is -3.83. The molecule has 2 saturated carbocycles. The summed E-state index contributed by atoms with van der Waals surface area (Å²) in [6.45, 7) is 14.7. The topological polar surface area (TPSA) is 265 Å². The molecule has 1 unspecified atom stereocenters. The minimum Gasteiger partial charge on any atom is -0.444 e. The maximum absolute atomic E-state index is 13.3. The monoisotopic (exact) mass is 1010 g/mol.